The number of benzene rings is 1. The SMILES string of the molecule is COC(=O)C(NC(C)c1ccc(OC)cc1)C1CC1. The minimum absolute atomic E-state index is 0.107. The van der Waals surface area contributed by atoms with Crippen molar-refractivity contribution >= 4 is 5.97 Å². The van der Waals surface area contributed by atoms with Crippen molar-refractivity contribution in [1.29, 1.82) is 0 Å². The van der Waals surface area contributed by atoms with Gasteiger partial charge in [0.1, 0.15) is 11.8 Å². The van der Waals surface area contributed by atoms with Gasteiger partial charge in [-0.15, -0.1) is 0 Å². The maximum Gasteiger partial charge on any atom is 0.323 e. The number of methoxy groups -OCH3 is 2. The van der Waals surface area contributed by atoms with Gasteiger partial charge in [-0.1, -0.05) is 12.1 Å². The molecule has 0 saturated heterocycles. The fraction of sp³-hybridized carbons (Fsp3) is 0.533. The van der Waals surface area contributed by atoms with Crippen molar-refractivity contribution in [3.05, 3.63) is 29.8 Å². The van der Waals surface area contributed by atoms with Crippen LogP contribution in [0.15, 0.2) is 24.3 Å². The number of esters is 1. The lowest BCUT2D eigenvalue weighted by Gasteiger charge is -2.21. The summed E-state index contributed by atoms with van der Waals surface area (Å²) in [4.78, 5) is 11.8. The Morgan fingerprint density at radius 3 is 2.37 bits per heavy atom. The van der Waals surface area contributed by atoms with E-state index in [4.69, 9.17) is 9.47 Å². The highest BCUT2D eigenvalue weighted by molar-refractivity contribution is 5.76. The number of rotatable bonds is 6. The van der Waals surface area contributed by atoms with Gasteiger partial charge in [0.2, 0.25) is 0 Å². The third kappa shape index (κ3) is 3.47. The van der Waals surface area contributed by atoms with E-state index in [-0.39, 0.29) is 18.1 Å². The van der Waals surface area contributed by atoms with Gasteiger partial charge in [-0.3, -0.25) is 10.1 Å². The Labute approximate surface area is 114 Å². The molecule has 0 spiro atoms. The molecule has 1 aliphatic rings. The summed E-state index contributed by atoms with van der Waals surface area (Å²) >= 11 is 0. The highest BCUT2D eigenvalue weighted by atomic mass is 16.5. The second-order valence-corrected chi connectivity index (χ2v) is 5.00. The van der Waals surface area contributed by atoms with Gasteiger partial charge in [-0.2, -0.15) is 0 Å². The summed E-state index contributed by atoms with van der Waals surface area (Å²) in [6.45, 7) is 2.06. The van der Waals surface area contributed by atoms with Crippen LogP contribution in [-0.2, 0) is 9.53 Å². The van der Waals surface area contributed by atoms with Crippen LogP contribution >= 0.6 is 0 Å². The molecule has 0 amide bonds. The van der Waals surface area contributed by atoms with E-state index in [1.54, 1.807) is 7.11 Å². The minimum Gasteiger partial charge on any atom is -0.497 e. The van der Waals surface area contributed by atoms with Crippen LogP contribution in [0.1, 0.15) is 31.4 Å². The van der Waals surface area contributed by atoms with Crippen molar-refractivity contribution in [2.45, 2.75) is 31.8 Å². The summed E-state index contributed by atoms with van der Waals surface area (Å²) in [6.07, 6.45) is 2.20. The van der Waals surface area contributed by atoms with Crippen LogP contribution in [0.3, 0.4) is 0 Å². The zero-order chi connectivity index (χ0) is 13.8. The molecule has 0 aliphatic heterocycles. The molecule has 0 aromatic heterocycles. The molecule has 1 aromatic carbocycles. The van der Waals surface area contributed by atoms with Gasteiger partial charge >= 0.3 is 5.97 Å². The first-order valence-corrected chi connectivity index (χ1v) is 6.63. The number of carbonyl (C=O) groups excluding carboxylic acids is 1. The van der Waals surface area contributed by atoms with Crippen LogP contribution in [0.25, 0.3) is 0 Å². The van der Waals surface area contributed by atoms with Crippen LogP contribution in [0.2, 0.25) is 0 Å². The predicted octanol–water partition coefficient (Wildman–Crippen LogP) is 2.30. The molecule has 104 valence electrons. The van der Waals surface area contributed by atoms with Gasteiger partial charge in [-0.25, -0.2) is 0 Å². The number of carbonyl (C=O) groups is 1. The average molecular weight is 263 g/mol. The first kappa shape index (κ1) is 13.9. The summed E-state index contributed by atoms with van der Waals surface area (Å²) in [6, 6.07) is 7.79. The molecule has 2 unspecified atom stereocenters. The van der Waals surface area contributed by atoms with E-state index >= 15 is 0 Å². The molecule has 1 saturated carbocycles. The van der Waals surface area contributed by atoms with E-state index in [2.05, 4.69) is 12.2 Å². The highest BCUT2D eigenvalue weighted by Gasteiger charge is 2.37. The number of ether oxygens (including phenoxy) is 2. The Morgan fingerprint density at radius 2 is 1.89 bits per heavy atom. The lowest BCUT2D eigenvalue weighted by molar-refractivity contribution is -0.144. The summed E-state index contributed by atoms with van der Waals surface area (Å²) in [5.41, 5.74) is 1.13. The van der Waals surface area contributed by atoms with E-state index in [1.165, 1.54) is 7.11 Å². The second kappa shape index (κ2) is 6.06. The topological polar surface area (TPSA) is 47.6 Å². The van der Waals surface area contributed by atoms with Crippen LogP contribution in [0, 0.1) is 5.92 Å². The summed E-state index contributed by atoms with van der Waals surface area (Å²) in [7, 11) is 3.09. The van der Waals surface area contributed by atoms with Gasteiger partial charge in [0.05, 0.1) is 14.2 Å². The van der Waals surface area contributed by atoms with Gasteiger partial charge < -0.3 is 9.47 Å². The van der Waals surface area contributed by atoms with Crippen molar-refractivity contribution < 1.29 is 14.3 Å². The lowest BCUT2D eigenvalue weighted by atomic mass is 10.1. The molecule has 1 aliphatic carbocycles. The van der Waals surface area contributed by atoms with Crippen molar-refractivity contribution in [2.75, 3.05) is 14.2 Å². The van der Waals surface area contributed by atoms with Gasteiger partial charge in [0, 0.05) is 6.04 Å². The molecule has 0 bridgehead atoms. The molecule has 1 fully saturated rings. The van der Waals surface area contributed by atoms with Gasteiger partial charge in [0.25, 0.3) is 0 Å². The maximum atomic E-state index is 11.8. The van der Waals surface area contributed by atoms with Crippen LogP contribution in [0.5, 0.6) is 5.75 Å². The molecule has 2 rings (SSSR count). The highest BCUT2D eigenvalue weighted by Crippen LogP contribution is 2.34. The molecular weight excluding hydrogens is 242 g/mol. The number of nitrogens with one attached hydrogen (secondary N) is 1. The molecule has 19 heavy (non-hydrogen) atoms. The molecule has 1 N–H and O–H groups in total. The monoisotopic (exact) mass is 263 g/mol. The summed E-state index contributed by atoms with van der Waals surface area (Å²) in [5, 5.41) is 3.37. The summed E-state index contributed by atoms with van der Waals surface area (Å²) < 4.78 is 10.0. The van der Waals surface area contributed by atoms with E-state index in [1.807, 2.05) is 24.3 Å². The molecule has 4 heteroatoms. The predicted molar refractivity (Wildman–Crippen MR) is 73.1 cm³/mol. The first-order valence-electron chi connectivity index (χ1n) is 6.63. The van der Waals surface area contributed by atoms with E-state index in [0.29, 0.717) is 5.92 Å². The average Bonchev–Trinajstić information content (AvgIpc) is 3.28. The van der Waals surface area contributed by atoms with Gasteiger partial charge in [-0.05, 0) is 43.4 Å². The van der Waals surface area contributed by atoms with Crippen molar-refractivity contribution in [3.63, 3.8) is 0 Å². The van der Waals surface area contributed by atoms with E-state index in [0.717, 1.165) is 24.2 Å². The normalized spacial score (nSPS) is 17.6. The second-order valence-electron chi connectivity index (χ2n) is 5.00. The van der Waals surface area contributed by atoms with Crippen molar-refractivity contribution in [2.24, 2.45) is 5.92 Å². The van der Waals surface area contributed by atoms with E-state index in [9.17, 15) is 4.79 Å². The van der Waals surface area contributed by atoms with Crippen molar-refractivity contribution in [3.8, 4) is 5.75 Å². The molecule has 4 nitrogen and oxygen atoms in total. The Hall–Kier alpha value is -1.55. The smallest absolute Gasteiger partial charge is 0.323 e. The largest absolute Gasteiger partial charge is 0.497 e. The Morgan fingerprint density at radius 1 is 1.26 bits per heavy atom. The van der Waals surface area contributed by atoms with Crippen LogP contribution in [0.4, 0.5) is 0 Å². The third-order valence-corrected chi connectivity index (χ3v) is 3.59. The van der Waals surface area contributed by atoms with Crippen LogP contribution in [-0.4, -0.2) is 26.2 Å². The Bertz CT molecular complexity index is 426. The summed E-state index contributed by atoms with van der Waals surface area (Å²) in [5.74, 6) is 1.10. The van der Waals surface area contributed by atoms with Gasteiger partial charge in [0.15, 0.2) is 0 Å². The fourth-order valence-electron chi connectivity index (χ4n) is 2.21. The molecular formula is C15H21NO3. The fourth-order valence-corrected chi connectivity index (χ4v) is 2.21. The maximum absolute atomic E-state index is 11.8. The van der Waals surface area contributed by atoms with Crippen LogP contribution < -0.4 is 10.1 Å². The standard InChI is InChI=1S/C15H21NO3/c1-10(11-6-8-13(18-2)9-7-11)16-14(12-4-5-12)15(17)19-3/h6-10,12,14,16H,4-5H2,1-3H3. The number of hydrogen-bond donors (Lipinski definition) is 1. The minimum atomic E-state index is -0.192. The Kier molecular flexibility index (Phi) is 4.43. The molecule has 0 heterocycles. The molecule has 2 atom stereocenters. The lowest BCUT2D eigenvalue weighted by Crippen LogP contribution is -2.40. The molecule has 0 radical (unpaired) electrons. The third-order valence-electron chi connectivity index (χ3n) is 3.59. The Balaban J connectivity index is 2.01. The zero-order valence-corrected chi connectivity index (χ0v) is 11.7. The molecule has 1 aromatic rings. The van der Waals surface area contributed by atoms with Crippen molar-refractivity contribution in [1.82, 2.24) is 5.32 Å². The van der Waals surface area contributed by atoms with E-state index < -0.39 is 0 Å². The first-order chi connectivity index (χ1) is 9.15. The zero-order valence-electron chi connectivity index (χ0n) is 11.7. The number of hydrogen-bond acceptors (Lipinski definition) is 4. The quantitative estimate of drug-likeness (QED) is 0.800.